The van der Waals surface area contributed by atoms with E-state index in [0.29, 0.717) is 11.1 Å². The maximum Gasteiger partial charge on any atom is 0.281 e. The molecule has 0 bridgehead atoms. The van der Waals surface area contributed by atoms with Gasteiger partial charge in [0, 0.05) is 33.1 Å². The summed E-state index contributed by atoms with van der Waals surface area (Å²) in [4.78, 5) is 42.4. The molecule has 0 aliphatic carbocycles. The number of piperazine rings is 1. The summed E-state index contributed by atoms with van der Waals surface area (Å²) in [6.07, 6.45) is 1.53. The van der Waals surface area contributed by atoms with E-state index in [1.165, 1.54) is 42.2 Å². The molecule has 1 saturated heterocycles. The molecule has 1 aromatic heterocycles. The highest BCUT2D eigenvalue weighted by atomic mass is 19.1. The molecule has 172 valence electrons. The molecule has 2 N–H and O–H groups in total. The number of phenols is 1. The van der Waals surface area contributed by atoms with Crippen molar-refractivity contribution in [3.8, 4) is 5.75 Å². The number of hydrogen-bond donors (Lipinski definition) is 2. The molecule has 1 aliphatic rings. The van der Waals surface area contributed by atoms with E-state index in [4.69, 9.17) is 0 Å². The SMILES string of the molecule is CN1C(=O)C(Cc2c[nH]c3cc(F)cc([N+](=O)[O-])c23)N(C)C(=O)C1Cc1ccc(F)c(O)c1. The fourth-order valence-corrected chi connectivity index (χ4v) is 4.26. The first-order valence-electron chi connectivity index (χ1n) is 10.0. The number of aromatic hydroxyl groups is 1. The molecular formula is C22H20F2N4O5. The monoisotopic (exact) mass is 458 g/mol. The van der Waals surface area contributed by atoms with E-state index in [-0.39, 0.29) is 35.6 Å². The quantitative estimate of drug-likeness (QED) is 0.450. The van der Waals surface area contributed by atoms with Crippen LogP contribution in [0.15, 0.2) is 36.5 Å². The van der Waals surface area contributed by atoms with Gasteiger partial charge in [0.05, 0.1) is 21.9 Å². The number of non-ortho nitro benzene ring substituents is 1. The van der Waals surface area contributed by atoms with Crippen molar-refractivity contribution in [3.05, 3.63) is 69.4 Å². The number of nitrogens with zero attached hydrogens (tertiary/aromatic N) is 3. The van der Waals surface area contributed by atoms with Crippen LogP contribution in [0.2, 0.25) is 0 Å². The molecule has 2 atom stereocenters. The molecule has 0 spiro atoms. The number of amides is 2. The van der Waals surface area contributed by atoms with E-state index in [1.807, 2.05) is 0 Å². The number of nitro benzene ring substituents is 1. The Balaban J connectivity index is 1.62. The fraction of sp³-hybridized carbons (Fsp3) is 0.273. The van der Waals surface area contributed by atoms with Gasteiger partial charge in [-0.15, -0.1) is 0 Å². The first kappa shape index (κ1) is 22.2. The van der Waals surface area contributed by atoms with Crippen LogP contribution in [0.4, 0.5) is 14.5 Å². The van der Waals surface area contributed by atoms with Gasteiger partial charge in [-0.3, -0.25) is 19.7 Å². The van der Waals surface area contributed by atoms with Crippen LogP contribution in [0.5, 0.6) is 5.75 Å². The van der Waals surface area contributed by atoms with Crippen molar-refractivity contribution in [1.82, 2.24) is 14.8 Å². The number of benzene rings is 2. The Hall–Kier alpha value is -4.02. The van der Waals surface area contributed by atoms with Crippen molar-refractivity contribution in [2.45, 2.75) is 24.9 Å². The number of hydrogen-bond acceptors (Lipinski definition) is 5. The molecule has 2 amide bonds. The van der Waals surface area contributed by atoms with Crippen LogP contribution in [0, 0.1) is 21.7 Å². The number of rotatable bonds is 5. The van der Waals surface area contributed by atoms with Crippen LogP contribution >= 0.6 is 0 Å². The predicted octanol–water partition coefficient (Wildman–Crippen LogP) is 2.51. The molecule has 33 heavy (non-hydrogen) atoms. The van der Waals surface area contributed by atoms with Crippen molar-refractivity contribution < 1.29 is 28.4 Å². The summed E-state index contributed by atoms with van der Waals surface area (Å²) in [6, 6.07) is 3.87. The minimum Gasteiger partial charge on any atom is -0.505 e. The van der Waals surface area contributed by atoms with Gasteiger partial charge in [-0.1, -0.05) is 6.07 Å². The topological polar surface area (TPSA) is 120 Å². The third-order valence-electron chi connectivity index (χ3n) is 6.06. The number of nitro groups is 1. The van der Waals surface area contributed by atoms with E-state index in [0.717, 1.165) is 18.2 Å². The number of carbonyl (C=O) groups excluding carboxylic acids is 2. The Morgan fingerprint density at radius 3 is 2.30 bits per heavy atom. The van der Waals surface area contributed by atoms with Crippen LogP contribution in [0.3, 0.4) is 0 Å². The molecular weight excluding hydrogens is 438 g/mol. The molecule has 2 unspecified atom stereocenters. The summed E-state index contributed by atoms with van der Waals surface area (Å²) in [5.74, 6) is -2.85. The Morgan fingerprint density at radius 1 is 1.06 bits per heavy atom. The number of halogens is 2. The first-order chi connectivity index (χ1) is 15.6. The first-order valence-corrected chi connectivity index (χ1v) is 10.0. The summed E-state index contributed by atoms with van der Waals surface area (Å²) >= 11 is 0. The Kier molecular flexibility index (Phi) is 5.48. The van der Waals surface area contributed by atoms with Gasteiger partial charge in [0.1, 0.15) is 17.9 Å². The second-order valence-electron chi connectivity index (χ2n) is 8.04. The number of carbonyl (C=O) groups is 2. The summed E-state index contributed by atoms with van der Waals surface area (Å²) < 4.78 is 27.1. The van der Waals surface area contributed by atoms with Crippen LogP contribution in [0.25, 0.3) is 10.9 Å². The molecule has 1 aliphatic heterocycles. The van der Waals surface area contributed by atoms with Gasteiger partial charge in [0.2, 0.25) is 11.8 Å². The summed E-state index contributed by atoms with van der Waals surface area (Å²) in [7, 11) is 2.94. The zero-order valence-electron chi connectivity index (χ0n) is 17.7. The number of aromatic nitrogens is 1. The highest BCUT2D eigenvalue weighted by Crippen LogP contribution is 2.32. The maximum atomic E-state index is 13.7. The number of likely N-dealkylation sites (N-methyl/N-ethyl adjacent to an activating group) is 2. The standard InChI is InChI=1S/C22H20F2N4O5/c1-26-17(5-11-3-4-14(24)19(29)6-11)21(30)27(2)18(22(26)31)7-12-10-25-15-8-13(23)9-16(20(12)15)28(32)33/h3-4,6,8-10,17-18,25,29H,5,7H2,1-2H3. The third-order valence-corrected chi connectivity index (χ3v) is 6.06. The molecule has 4 rings (SSSR count). The Labute approximate surface area is 186 Å². The second-order valence-corrected chi connectivity index (χ2v) is 8.04. The van der Waals surface area contributed by atoms with Gasteiger partial charge in [0.15, 0.2) is 11.6 Å². The molecule has 1 fully saturated rings. The van der Waals surface area contributed by atoms with Crippen molar-refractivity contribution >= 4 is 28.4 Å². The number of nitrogens with one attached hydrogen (secondary N) is 1. The minimum atomic E-state index is -0.927. The van der Waals surface area contributed by atoms with Crippen molar-refractivity contribution in [2.75, 3.05) is 14.1 Å². The second kappa shape index (κ2) is 8.15. The third kappa shape index (κ3) is 3.86. The lowest BCUT2D eigenvalue weighted by Gasteiger charge is -2.42. The molecule has 2 heterocycles. The van der Waals surface area contributed by atoms with Gasteiger partial charge in [-0.2, -0.15) is 0 Å². The molecule has 3 aromatic rings. The Bertz CT molecular complexity index is 1290. The highest BCUT2D eigenvalue weighted by molar-refractivity contribution is 5.98. The van der Waals surface area contributed by atoms with E-state index < -0.39 is 40.1 Å². The van der Waals surface area contributed by atoms with E-state index in [2.05, 4.69) is 4.98 Å². The highest BCUT2D eigenvalue weighted by Gasteiger charge is 2.43. The van der Waals surface area contributed by atoms with E-state index >= 15 is 0 Å². The molecule has 0 radical (unpaired) electrons. The fourth-order valence-electron chi connectivity index (χ4n) is 4.26. The lowest BCUT2D eigenvalue weighted by molar-refractivity contribution is -0.383. The number of phenolic OH excluding ortho intramolecular Hbond substituents is 1. The van der Waals surface area contributed by atoms with Crippen LogP contribution < -0.4 is 0 Å². The molecule has 2 aromatic carbocycles. The van der Waals surface area contributed by atoms with Crippen LogP contribution in [0.1, 0.15) is 11.1 Å². The van der Waals surface area contributed by atoms with Crippen molar-refractivity contribution in [3.63, 3.8) is 0 Å². The average Bonchev–Trinajstić information content (AvgIpc) is 3.17. The normalized spacial score (nSPS) is 18.9. The largest absolute Gasteiger partial charge is 0.505 e. The van der Waals surface area contributed by atoms with E-state index in [1.54, 1.807) is 0 Å². The summed E-state index contributed by atoms with van der Waals surface area (Å²) in [6.45, 7) is 0. The smallest absolute Gasteiger partial charge is 0.281 e. The predicted molar refractivity (Wildman–Crippen MR) is 113 cm³/mol. The zero-order valence-corrected chi connectivity index (χ0v) is 17.7. The maximum absolute atomic E-state index is 13.7. The lowest BCUT2D eigenvalue weighted by atomic mass is 9.95. The van der Waals surface area contributed by atoms with Crippen molar-refractivity contribution in [1.29, 1.82) is 0 Å². The summed E-state index contributed by atoms with van der Waals surface area (Å²) in [5.41, 5.74) is 0.676. The molecule has 9 nitrogen and oxygen atoms in total. The van der Waals surface area contributed by atoms with Gasteiger partial charge in [-0.05, 0) is 29.3 Å². The van der Waals surface area contributed by atoms with Crippen LogP contribution in [-0.2, 0) is 22.4 Å². The van der Waals surface area contributed by atoms with Crippen LogP contribution in [-0.4, -0.2) is 62.8 Å². The average molecular weight is 458 g/mol. The number of aromatic amines is 1. The summed E-state index contributed by atoms with van der Waals surface area (Å²) in [5, 5.41) is 21.2. The van der Waals surface area contributed by atoms with Gasteiger partial charge < -0.3 is 19.9 Å². The van der Waals surface area contributed by atoms with Gasteiger partial charge >= 0.3 is 0 Å². The lowest BCUT2D eigenvalue weighted by Crippen LogP contribution is -2.63. The van der Waals surface area contributed by atoms with Crippen molar-refractivity contribution in [2.24, 2.45) is 0 Å². The minimum absolute atomic E-state index is 0.0120. The van der Waals surface area contributed by atoms with E-state index in [9.17, 15) is 33.6 Å². The molecule has 0 saturated carbocycles. The Morgan fingerprint density at radius 2 is 1.70 bits per heavy atom. The zero-order chi connectivity index (χ0) is 24.0. The molecule has 11 heteroatoms. The number of fused-ring (bicyclic) bond motifs is 1. The number of H-pyrrole nitrogens is 1. The van der Waals surface area contributed by atoms with Gasteiger partial charge in [-0.25, -0.2) is 8.78 Å². The van der Waals surface area contributed by atoms with Gasteiger partial charge in [0.25, 0.3) is 5.69 Å².